The molecule has 1 rings (SSSR count). The molecule has 0 saturated heterocycles. The molecule has 0 spiro atoms. The number of methoxy groups -OCH3 is 1. The monoisotopic (exact) mass is 236 g/mol. The van der Waals surface area contributed by atoms with Gasteiger partial charge in [-0.2, -0.15) is 13.2 Å². The molecular formula is C8H11F3N4O. The van der Waals surface area contributed by atoms with Crippen molar-refractivity contribution in [1.82, 2.24) is 9.97 Å². The van der Waals surface area contributed by atoms with Gasteiger partial charge in [0, 0.05) is 7.05 Å². The molecular weight excluding hydrogens is 225 g/mol. The van der Waals surface area contributed by atoms with E-state index in [1.54, 1.807) is 0 Å². The fourth-order valence-corrected chi connectivity index (χ4v) is 1.19. The number of anilines is 2. The average Bonchev–Trinajstić information content (AvgIpc) is 2.14. The Morgan fingerprint density at radius 1 is 1.44 bits per heavy atom. The van der Waals surface area contributed by atoms with Gasteiger partial charge in [0.15, 0.2) is 11.6 Å². The molecule has 0 aromatic carbocycles. The predicted molar refractivity (Wildman–Crippen MR) is 52.3 cm³/mol. The van der Waals surface area contributed by atoms with E-state index in [1.165, 1.54) is 14.2 Å². The van der Waals surface area contributed by atoms with E-state index in [0.29, 0.717) is 0 Å². The average molecular weight is 236 g/mol. The van der Waals surface area contributed by atoms with Crippen molar-refractivity contribution in [2.24, 2.45) is 0 Å². The van der Waals surface area contributed by atoms with Gasteiger partial charge in [-0.3, -0.25) is 0 Å². The van der Waals surface area contributed by atoms with Crippen LogP contribution in [0.1, 0.15) is 0 Å². The van der Waals surface area contributed by atoms with Crippen molar-refractivity contribution in [2.45, 2.75) is 6.18 Å². The van der Waals surface area contributed by atoms with Crippen molar-refractivity contribution < 1.29 is 17.9 Å². The van der Waals surface area contributed by atoms with Gasteiger partial charge in [-0.05, 0) is 0 Å². The van der Waals surface area contributed by atoms with Crippen molar-refractivity contribution in [1.29, 1.82) is 0 Å². The highest BCUT2D eigenvalue weighted by Gasteiger charge is 2.31. The molecule has 16 heavy (non-hydrogen) atoms. The van der Waals surface area contributed by atoms with Gasteiger partial charge in [0.25, 0.3) is 0 Å². The normalized spacial score (nSPS) is 11.3. The Morgan fingerprint density at radius 3 is 2.56 bits per heavy atom. The van der Waals surface area contributed by atoms with Crippen LogP contribution in [0.2, 0.25) is 0 Å². The Morgan fingerprint density at radius 2 is 2.06 bits per heavy atom. The zero-order valence-electron chi connectivity index (χ0n) is 8.75. The van der Waals surface area contributed by atoms with Crippen LogP contribution in [0.5, 0.6) is 5.75 Å². The van der Waals surface area contributed by atoms with Crippen molar-refractivity contribution in [3.8, 4) is 5.75 Å². The Balaban J connectivity index is 2.99. The molecule has 0 amide bonds. The van der Waals surface area contributed by atoms with Crippen LogP contribution in [0, 0.1) is 0 Å². The number of ether oxygens (including phenoxy) is 1. The first-order valence-electron chi connectivity index (χ1n) is 4.27. The molecule has 0 unspecified atom stereocenters. The Labute approximate surface area is 90.0 Å². The zero-order chi connectivity index (χ0) is 12.3. The lowest BCUT2D eigenvalue weighted by Crippen LogP contribution is -2.31. The third-order valence-electron chi connectivity index (χ3n) is 1.79. The van der Waals surface area contributed by atoms with Crippen molar-refractivity contribution >= 4 is 11.6 Å². The summed E-state index contributed by atoms with van der Waals surface area (Å²) in [6, 6.07) is 0. The van der Waals surface area contributed by atoms with Gasteiger partial charge in [-0.25, -0.2) is 9.97 Å². The summed E-state index contributed by atoms with van der Waals surface area (Å²) in [7, 11) is 2.54. The Kier molecular flexibility index (Phi) is 3.41. The van der Waals surface area contributed by atoms with Gasteiger partial charge in [-0.15, -0.1) is 0 Å². The minimum Gasteiger partial charge on any atom is -0.490 e. The molecule has 0 bridgehead atoms. The summed E-state index contributed by atoms with van der Waals surface area (Å²) in [6.45, 7) is -1.14. The second-order valence-electron chi connectivity index (χ2n) is 3.09. The predicted octanol–water partition coefficient (Wildman–Crippen LogP) is 1.07. The van der Waals surface area contributed by atoms with Crippen LogP contribution >= 0.6 is 0 Å². The van der Waals surface area contributed by atoms with E-state index >= 15 is 0 Å². The van der Waals surface area contributed by atoms with Gasteiger partial charge in [-0.1, -0.05) is 0 Å². The maximum absolute atomic E-state index is 12.2. The summed E-state index contributed by atoms with van der Waals surface area (Å²) < 4.78 is 41.4. The van der Waals surface area contributed by atoms with E-state index in [2.05, 4.69) is 9.97 Å². The van der Waals surface area contributed by atoms with Crippen molar-refractivity contribution in [2.75, 3.05) is 31.3 Å². The topological polar surface area (TPSA) is 64.3 Å². The van der Waals surface area contributed by atoms with Crippen LogP contribution in [0.4, 0.5) is 24.8 Å². The zero-order valence-corrected chi connectivity index (χ0v) is 8.75. The second kappa shape index (κ2) is 4.42. The number of hydrogen-bond acceptors (Lipinski definition) is 5. The van der Waals surface area contributed by atoms with Crippen LogP contribution in [0.15, 0.2) is 6.33 Å². The highest BCUT2D eigenvalue weighted by atomic mass is 19.4. The lowest BCUT2D eigenvalue weighted by Gasteiger charge is -2.21. The Hall–Kier alpha value is -1.73. The minimum atomic E-state index is -4.32. The summed E-state index contributed by atoms with van der Waals surface area (Å²) in [5.74, 6) is 0.0445. The molecule has 1 aromatic rings. The minimum absolute atomic E-state index is 0.00141. The van der Waals surface area contributed by atoms with Crippen LogP contribution in [-0.2, 0) is 0 Å². The summed E-state index contributed by atoms with van der Waals surface area (Å²) in [6.07, 6.45) is -3.24. The molecule has 0 fully saturated rings. The summed E-state index contributed by atoms with van der Waals surface area (Å²) >= 11 is 0. The first kappa shape index (κ1) is 12.3. The first-order chi connectivity index (χ1) is 7.35. The maximum Gasteiger partial charge on any atom is 0.405 e. The molecule has 0 aliphatic carbocycles. The van der Waals surface area contributed by atoms with Crippen LogP contribution in [-0.4, -0.2) is 36.8 Å². The Bertz CT molecular complexity index is 369. The molecule has 8 heteroatoms. The van der Waals surface area contributed by atoms with Gasteiger partial charge in [0.1, 0.15) is 12.9 Å². The molecule has 2 N–H and O–H groups in total. The number of rotatable bonds is 3. The molecule has 1 aromatic heterocycles. The van der Waals surface area contributed by atoms with Gasteiger partial charge in [0.2, 0.25) is 5.75 Å². The third kappa shape index (κ3) is 2.88. The van der Waals surface area contributed by atoms with Crippen molar-refractivity contribution in [3.63, 3.8) is 0 Å². The number of hydrogen-bond donors (Lipinski definition) is 1. The van der Waals surface area contributed by atoms with E-state index in [-0.39, 0.29) is 17.4 Å². The van der Waals surface area contributed by atoms with E-state index in [1.807, 2.05) is 0 Å². The molecule has 0 aliphatic heterocycles. The SMILES string of the molecule is COc1c(N)ncnc1N(C)CC(F)(F)F. The number of nitrogens with two attached hydrogens (primary N) is 1. The van der Waals surface area contributed by atoms with E-state index in [9.17, 15) is 13.2 Å². The fourth-order valence-electron chi connectivity index (χ4n) is 1.19. The number of halogens is 3. The molecule has 0 atom stereocenters. The van der Waals surface area contributed by atoms with Crippen LogP contribution < -0.4 is 15.4 Å². The smallest absolute Gasteiger partial charge is 0.405 e. The van der Waals surface area contributed by atoms with Gasteiger partial charge < -0.3 is 15.4 Å². The summed E-state index contributed by atoms with van der Waals surface area (Å²) in [4.78, 5) is 8.23. The van der Waals surface area contributed by atoms with E-state index in [0.717, 1.165) is 11.2 Å². The quantitative estimate of drug-likeness (QED) is 0.850. The van der Waals surface area contributed by atoms with Gasteiger partial charge >= 0.3 is 6.18 Å². The molecule has 0 aliphatic rings. The fraction of sp³-hybridized carbons (Fsp3) is 0.500. The summed E-state index contributed by atoms with van der Waals surface area (Å²) in [5, 5.41) is 0. The molecule has 0 saturated carbocycles. The number of nitrogens with zero attached hydrogens (tertiary/aromatic N) is 3. The number of aromatic nitrogens is 2. The number of nitrogen functional groups attached to an aromatic ring is 1. The molecule has 0 radical (unpaired) electrons. The van der Waals surface area contributed by atoms with Crippen LogP contribution in [0.3, 0.4) is 0 Å². The standard InChI is InChI=1S/C8H11F3N4O/c1-15(3-8(9,10)11)7-5(16-2)6(12)13-4-14-7/h4H,3H2,1-2H3,(H2,12,13,14). The molecule has 5 nitrogen and oxygen atoms in total. The van der Waals surface area contributed by atoms with Crippen LogP contribution in [0.25, 0.3) is 0 Å². The maximum atomic E-state index is 12.2. The van der Waals surface area contributed by atoms with E-state index < -0.39 is 12.7 Å². The number of alkyl halides is 3. The lowest BCUT2D eigenvalue weighted by atomic mass is 10.4. The highest BCUT2D eigenvalue weighted by molar-refractivity contribution is 5.62. The summed E-state index contributed by atoms with van der Waals surface area (Å²) in [5.41, 5.74) is 5.45. The first-order valence-corrected chi connectivity index (χ1v) is 4.27. The molecule has 90 valence electrons. The van der Waals surface area contributed by atoms with Gasteiger partial charge in [0.05, 0.1) is 7.11 Å². The van der Waals surface area contributed by atoms with E-state index in [4.69, 9.17) is 10.5 Å². The second-order valence-corrected chi connectivity index (χ2v) is 3.09. The lowest BCUT2D eigenvalue weighted by molar-refractivity contribution is -0.119. The molecule has 1 heterocycles. The highest BCUT2D eigenvalue weighted by Crippen LogP contribution is 2.30. The van der Waals surface area contributed by atoms with Crippen molar-refractivity contribution in [3.05, 3.63) is 6.33 Å². The largest absolute Gasteiger partial charge is 0.490 e. The third-order valence-corrected chi connectivity index (χ3v) is 1.79.